The Morgan fingerprint density at radius 1 is 1.47 bits per heavy atom. The molecule has 1 aromatic heterocycles. The van der Waals surface area contributed by atoms with Crippen molar-refractivity contribution in [3.8, 4) is 5.69 Å². The number of aromatic nitrogens is 4. The molecular weight excluding hydrogens is 289 g/mol. The van der Waals surface area contributed by atoms with E-state index in [1.54, 1.807) is 19.2 Å². The molecule has 5 nitrogen and oxygen atoms in total. The molecule has 17 heavy (non-hydrogen) atoms. The van der Waals surface area contributed by atoms with Crippen LogP contribution in [0.3, 0.4) is 0 Å². The molecule has 0 amide bonds. The molecule has 0 aliphatic carbocycles. The summed E-state index contributed by atoms with van der Waals surface area (Å²) < 4.78 is 15.8. The summed E-state index contributed by atoms with van der Waals surface area (Å²) in [6.45, 7) is 1.90. The molecule has 2 rings (SSSR count). The Morgan fingerprint density at radius 2 is 2.24 bits per heavy atom. The highest BCUT2D eigenvalue weighted by molar-refractivity contribution is 9.10. The molecule has 0 spiro atoms. The minimum Gasteiger partial charge on any atom is -0.311 e. The van der Waals surface area contributed by atoms with E-state index in [0.29, 0.717) is 16.0 Å². The fourth-order valence-electron chi connectivity index (χ4n) is 1.44. The molecule has 1 heterocycles. The van der Waals surface area contributed by atoms with Crippen LogP contribution in [0, 0.1) is 5.82 Å². The highest BCUT2D eigenvalue weighted by Gasteiger charge is 2.18. The van der Waals surface area contributed by atoms with Gasteiger partial charge in [-0.3, -0.25) is 0 Å². The van der Waals surface area contributed by atoms with Crippen LogP contribution in [0.4, 0.5) is 4.39 Å². The van der Waals surface area contributed by atoms with Crippen LogP contribution in [-0.2, 0) is 0 Å². The normalized spacial score (nSPS) is 12.7. The molecule has 0 fully saturated rings. The van der Waals surface area contributed by atoms with E-state index in [-0.39, 0.29) is 11.9 Å². The molecule has 1 N–H and O–H groups in total. The predicted octanol–water partition coefficient (Wildman–Crippen LogP) is 1.84. The van der Waals surface area contributed by atoms with E-state index in [0.717, 1.165) is 0 Å². The number of nitrogens with zero attached hydrogens (tertiary/aromatic N) is 4. The largest absolute Gasteiger partial charge is 0.311 e. The minimum absolute atomic E-state index is 0.0727. The number of hydrogen-bond donors (Lipinski definition) is 1. The summed E-state index contributed by atoms with van der Waals surface area (Å²) in [7, 11) is 1.79. The van der Waals surface area contributed by atoms with Gasteiger partial charge in [-0.25, -0.2) is 4.39 Å². The van der Waals surface area contributed by atoms with Crippen molar-refractivity contribution >= 4 is 15.9 Å². The molecular formula is C10H11BrFN5. The second-order valence-electron chi connectivity index (χ2n) is 3.53. The number of benzene rings is 1. The Balaban J connectivity index is 2.58. The summed E-state index contributed by atoms with van der Waals surface area (Å²) >= 11 is 3.30. The summed E-state index contributed by atoms with van der Waals surface area (Å²) in [5.41, 5.74) is 0.314. The van der Waals surface area contributed by atoms with Crippen molar-refractivity contribution in [3.63, 3.8) is 0 Å². The van der Waals surface area contributed by atoms with Gasteiger partial charge in [-0.1, -0.05) is 6.07 Å². The maximum absolute atomic E-state index is 13.8. The molecule has 0 saturated heterocycles. The number of tetrazole rings is 1. The van der Waals surface area contributed by atoms with E-state index in [4.69, 9.17) is 0 Å². The smallest absolute Gasteiger partial charge is 0.173 e. The first-order valence-electron chi connectivity index (χ1n) is 5.05. The Kier molecular flexibility index (Phi) is 3.49. The Hall–Kier alpha value is -1.34. The molecule has 90 valence electrons. The maximum atomic E-state index is 13.8. The van der Waals surface area contributed by atoms with Crippen molar-refractivity contribution in [1.82, 2.24) is 25.5 Å². The average Bonchev–Trinajstić information content (AvgIpc) is 2.77. The number of nitrogens with one attached hydrogen (secondary N) is 1. The third-order valence-electron chi connectivity index (χ3n) is 2.46. The quantitative estimate of drug-likeness (QED) is 0.940. The number of hydrogen-bond acceptors (Lipinski definition) is 4. The van der Waals surface area contributed by atoms with Gasteiger partial charge in [0.15, 0.2) is 5.82 Å². The van der Waals surface area contributed by atoms with Crippen molar-refractivity contribution in [2.24, 2.45) is 0 Å². The summed E-state index contributed by atoms with van der Waals surface area (Å²) in [5.74, 6) is 0.175. The summed E-state index contributed by atoms with van der Waals surface area (Å²) in [4.78, 5) is 0. The second kappa shape index (κ2) is 4.89. The molecule has 7 heteroatoms. The van der Waals surface area contributed by atoms with Crippen molar-refractivity contribution in [1.29, 1.82) is 0 Å². The van der Waals surface area contributed by atoms with Crippen molar-refractivity contribution in [3.05, 3.63) is 34.3 Å². The van der Waals surface area contributed by atoms with Gasteiger partial charge in [-0.05, 0) is 52.5 Å². The molecule has 1 atom stereocenters. The lowest BCUT2D eigenvalue weighted by atomic mass is 10.2. The Labute approximate surface area is 106 Å². The van der Waals surface area contributed by atoms with Gasteiger partial charge in [0, 0.05) is 4.47 Å². The lowest BCUT2D eigenvalue weighted by Gasteiger charge is -2.11. The van der Waals surface area contributed by atoms with Crippen LogP contribution >= 0.6 is 15.9 Å². The van der Waals surface area contributed by atoms with Crippen LogP contribution in [0.1, 0.15) is 18.8 Å². The van der Waals surface area contributed by atoms with Crippen LogP contribution in [0.2, 0.25) is 0 Å². The molecule has 1 unspecified atom stereocenters. The van der Waals surface area contributed by atoms with Gasteiger partial charge in [0.2, 0.25) is 0 Å². The van der Waals surface area contributed by atoms with Gasteiger partial charge in [-0.2, -0.15) is 4.68 Å². The molecule has 2 aromatic rings. The standard InChI is InChI=1S/C10H11BrFN5/c1-6(13-2)10-14-15-16-17(10)9-7(11)4-3-5-8(9)12/h3-6,13H,1-2H3. The monoisotopic (exact) mass is 299 g/mol. The van der Waals surface area contributed by atoms with Crippen molar-refractivity contribution in [2.75, 3.05) is 7.05 Å². The SMILES string of the molecule is CNC(C)c1nnnn1-c1c(F)cccc1Br. The van der Waals surface area contributed by atoms with E-state index in [2.05, 4.69) is 36.8 Å². The van der Waals surface area contributed by atoms with E-state index in [1.165, 1.54) is 10.7 Å². The van der Waals surface area contributed by atoms with E-state index < -0.39 is 0 Å². The van der Waals surface area contributed by atoms with Crippen LogP contribution < -0.4 is 5.32 Å². The topological polar surface area (TPSA) is 55.6 Å². The zero-order chi connectivity index (χ0) is 12.4. The highest BCUT2D eigenvalue weighted by Crippen LogP contribution is 2.25. The lowest BCUT2D eigenvalue weighted by Crippen LogP contribution is -2.18. The lowest BCUT2D eigenvalue weighted by molar-refractivity contribution is 0.565. The van der Waals surface area contributed by atoms with Gasteiger partial charge in [-0.15, -0.1) is 5.10 Å². The molecule has 0 radical (unpaired) electrons. The first-order valence-corrected chi connectivity index (χ1v) is 5.84. The maximum Gasteiger partial charge on any atom is 0.173 e. The first-order chi connectivity index (χ1) is 8.15. The summed E-state index contributed by atoms with van der Waals surface area (Å²) in [5, 5.41) is 14.3. The van der Waals surface area contributed by atoms with Crippen LogP contribution in [0.25, 0.3) is 5.69 Å². The molecule has 0 saturated carbocycles. The van der Waals surface area contributed by atoms with Crippen molar-refractivity contribution < 1.29 is 4.39 Å². The third-order valence-corrected chi connectivity index (χ3v) is 3.10. The van der Waals surface area contributed by atoms with E-state index in [9.17, 15) is 4.39 Å². The van der Waals surface area contributed by atoms with E-state index >= 15 is 0 Å². The van der Waals surface area contributed by atoms with Crippen LogP contribution in [0.15, 0.2) is 22.7 Å². The predicted molar refractivity (Wildman–Crippen MR) is 64.3 cm³/mol. The van der Waals surface area contributed by atoms with Gasteiger partial charge < -0.3 is 5.32 Å². The Morgan fingerprint density at radius 3 is 2.88 bits per heavy atom. The minimum atomic E-state index is -0.378. The number of rotatable bonds is 3. The second-order valence-corrected chi connectivity index (χ2v) is 4.38. The zero-order valence-electron chi connectivity index (χ0n) is 9.35. The zero-order valence-corrected chi connectivity index (χ0v) is 10.9. The van der Waals surface area contributed by atoms with Crippen LogP contribution in [0.5, 0.6) is 0 Å². The number of halogens is 2. The first kappa shape index (κ1) is 12.1. The molecule has 0 aliphatic rings. The van der Waals surface area contributed by atoms with Gasteiger partial charge in [0.05, 0.1) is 6.04 Å². The Bertz CT molecular complexity index is 507. The average molecular weight is 300 g/mol. The summed E-state index contributed by atoms with van der Waals surface area (Å²) in [6, 6.07) is 4.66. The van der Waals surface area contributed by atoms with Crippen LogP contribution in [-0.4, -0.2) is 27.3 Å². The van der Waals surface area contributed by atoms with Gasteiger partial charge in [0.1, 0.15) is 11.5 Å². The van der Waals surface area contributed by atoms with Gasteiger partial charge in [0.25, 0.3) is 0 Å². The number of para-hydroxylation sites is 1. The fraction of sp³-hybridized carbons (Fsp3) is 0.300. The van der Waals surface area contributed by atoms with Gasteiger partial charge >= 0.3 is 0 Å². The highest BCUT2D eigenvalue weighted by atomic mass is 79.9. The van der Waals surface area contributed by atoms with E-state index in [1.807, 2.05) is 6.92 Å². The summed E-state index contributed by atoms with van der Waals surface area (Å²) in [6.07, 6.45) is 0. The molecule has 0 bridgehead atoms. The molecule has 1 aromatic carbocycles. The third kappa shape index (κ3) is 2.20. The molecule has 0 aliphatic heterocycles. The fourth-order valence-corrected chi connectivity index (χ4v) is 1.95. The van der Waals surface area contributed by atoms with Crippen molar-refractivity contribution in [2.45, 2.75) is 13.0 Å².